The molecule has 75 valence electrons. The van der Waals surface area contributed by atoms with Crippen molar-refractivity contribution in [3.8, 4) is 22.8 Å². The van der Waals surface area contributed by atoms with Gasteiger partial charge in [-0.2, -0.15) is 0 Å². The monoisotopic (exact) mass is 200 g/mol. The van der Waals surface area contributed by atoms with Crippen molar-refractivity contribution in [3.05, 3.63) is 42.6 Å². The second-order valence-electron chi connectivity index (χ2n) is 3.03. The molecule has 0 spiro atoms. The molecule has 1 N–H and O–H groups in total. The summed E-state index contributed by atoms with van der Waals surface area (Å²) in [6.45, 7) is 0. The molecule has 1 heterocycles. The summed E-state index contributed by atoms with van der Waals surface area (Å²) in [6.07, 6.45) is 1.64. The fraction of sp³-hybridized carbons (Fsp3) is 0.0833. The van der Waals surface area contributed by atoms with Crippen molar-refractivity contribution in [2.24, 2.45) is 0 Å². The molecule has 0 bridgehead atoms. The molecule has 0 fully saturated rings. The molecule has 0 aliphatic heterocycles. The van der Waals surface area contributed by atoms with Gasteiger partial charge in [0.2, 0.25) is 5.88 Å². The van der Waals surface area contributed by atoms with Crippen molar-refractivity contribution in [3.63, 3.8) is 0 Å². The Morgan fingerprint density at radius 2 is 2.27 bits per heavy atom. The third-order valence-electron chi connectivity index (χ3n) is 2.10. The van der Waals surface area contributed by atoms with Crippen LogP contribution in [-0.2, 0) is 0 Å². The number of methoxy groups -OCH3 is 1. The largest absolute Gasteiger partial charge is 0.507 e. The van der Waals surface area contributed by atoms with Crippen molar-refractivity contribution < 1.29 is 9.84 Å². The van der Waals surface area contributed by atoms with E-state index in [-0.39, 0.29) is 5.75 Å². The molecule has 3 heteroatoms. The Balaban J connectivity index is 2.49. The van der Waals surface area contributed by atoms with Gasteiger partial charge in [0.1, 0.15) is 5.75 Å². The van der Waals surface area contributed by atoms with E-state index in [1.54, 1.807) is 31.5 Å². The van der Waals surface area contributed by atoms with Gasteiger partial charge in [0, 0.05) is 17.8 Å². The van der Waals surface area contributed by atoms with E-state index in [9.17, 15) is 5.11 Å². The molecule has 0 aliphatic rings. The molecular weight excluding hydrogens is 190 g/mol. The number of pyridine rings is 1. The fourth-order valence-corrected chi connectivity index (χ4v) is 1.35. The number of hydrogen-bond donors (Lipinski definition) is 1. The van der Waals surface area contributed by atoms with Crippen LogP contribution in [0.3, 0.4) is 0 Å². The van der Waals surface area contributed by atoms with Crippen molar-refractivity contribution in [1.82, 2.24) is 4.98 Å². The topological polar surface area (TPSA) is 42.4 Å². The maximum Gasteiger partial charge on any atom is 0.213 e. The Morgan fingerprint density at radius 1 is 1.40 bits per heavy atom. The predicted molar refractivity (Wildman–Crippen MR) is 56.7 cm³/mol. The van der Waals surface area contributed by atoms with Crippen molar-refractivity contribution in [2.75, 3.05) is 7.11 Å². The molecule has 2 rings (SSSR count). The van der Waals surface area contributed by atoms with Crippen LogP contribution in [0.2, 0.25) is 0 Å². The Kier molecular flexibility index (Phi) is 2.54. The van der Waals surface area contributed by atoms with Crippen molar-refractivity contribution in [1.29, 1.82) is 0 Å². The highest BCUT2D eigenvalue weighted by Gasteiger charge is 2.04. The van der Waals surface area contributed by atoms with E-state index in [2.05, 4.69) is 11.1 Å². The average Bonchev–Trinajstić information content (AvgIpc) is 2.30. The van der Waals surface area contributed by atoms with Gasteiger partial charge in [-0.15, -0.1) is 0 Å². The fourth-order valence-electron chi connectivity index (χ4n) is 1.35. The zero-order valence-corrected chi connectivity index (χ0v) is 8.27. The summed E-state index contributed by atoms with van der Waals surface area (Å²) in [5, 5.41) is 9.64. The van der Waals surface area contributed by atoms with Crippen molar-refractivity contribution in [2.45, 2.75) is 0 Å². The summed E-state index contributed by atoms with van der Waals surface area (Å²) in [6, 6.07) is 11.5. The van der Waals surface area contributed by atoms with Crippen LogP contribution in [-0.4, -0.2) is 17.2 Å². The third-order valence-corrected chi connectivity index (χ3v) is 2.10. The summed E-state index contributed by atoms with van der Waals surface area (Å²) in [4.78, 5) is 4.00. The Bertz CT molecular complexity index is 469. The molecule has 1 radical (unpaired) electrons. The number of hydrogen-bond acceptors (Lipinski definition) is 3. The van der Waals surface area contributed by atoms with Gasteiger partial charge in [-0.1, -0.05) is 12.1 Å². The standard InChI is InChI=1S/C12H10NO2/c1-15-12-8-9(6-7-13-12)10-4-2-3-5-11(10)14/h2,4-8,14H,1H3. The lowest BCUT2D eigenvalue weighted by atomic mass is 10.1. The smallest absolute Gasteiger partial charge is 0.213 e. The lowest BCUT2D eigenvalue weighted by molar-refractivity contribution is 0.398. The van der Waals surface area contributed by atoms with E-state index < -0.39 is 0 Å². The number of ether oxygens (including phenoxy) is 1. The van der Waals surface area contributed by atoms with Crippen LogP contribution in [0.4, 0.5) is 0 Å². The van der Waals surface area contributed by atoms with Crippen LogP contribution in [0.15, 0.2) is 36.5 Å². The zero-order chi connectivity index (χ0) is 10.7. The lowest BCUT2D eigenvalue weighted by Crippen LogP contribution is -1.87. The molecule has 0 amide bonds. The summed E-state index contributed by atoms with van der Waals surface area (Å²) < 4.78 is 5.02. The SMILES string of the molecule is COc1cc(-c2cc[c]cc2O)ccn1. The van der Waals surface area contributed by atoms with Gasteiger partial charge >= 0.3 is 0 Å². The van der Waals surface area contributed by atoms with Crippen LogP contribution >= 0.6 is 0 Å². The number of phenols is 1. The molecule has 0 unspecified atom stereocenters. The summed E-state index contributed by atoms with van der Waals surface area (Å²) in [5.74, 6) is 0.727. The molecule has 0 saturated heterocycles. The molecular formula is C12H10NO2. The first-order chi connectivity index (χ1) is 7.31. The van der Waals surface area contributed by atoms with Gasteiger partial charge in [0.05, 0.1) is 7.11 Å². The Morgan fingerprint density at radius 3 is 3.00 bits per heavy atom. The van der Waals surface area contributed by atoms with Crippen molar-refractivity contribution >= 4 is 0 Å². The predicted octanol–water partition coefficient (Wildman–Crippen LogP) is 2.26. The van der Waals surface area contributed by atoms with Crippen LogP contribution < -0.4 is 4.74 Å². The highest BCUT2D eigenvalue weighted by atomic mass is 16.5. The molecule has 0 atom stereocenters. The first-order valence-electron chi connectivity index (χ1n) is 4.51. The number of aromatic hydroxyl groups is 1. The van der Waals surface area contributed by atoms with E-state index in [0.717, 1.165) is 11.1 Å². The van der Waals surface area contributed by atoms with Gasteiger partial charge in [0.25, 0.3) is 0 Å². The number of rotatable bonds is 2. The molecule has 3 nitrogen and oxygen atoms in total. The normalized spacial score (nSPS) is 9.93. The molecule has 1 aromatic heterocycles. The third kappa shape index (κ3) is 1.91. The maximum atomic E-state index is 9.64. The van der Waals surface area contributed by atoms with Gasteiger partial charge in [-0.05, 0) is 23.8 Å². The summed E-state index contributed by atoms with van der Waals surface area (Å²) in [5.41, 5.74) is 1.61. The Hall–Kier alpha value is -2.03. The molecule has 0 saturated carbocycles. The molecule has 0 aliphatic carbocycles. The van der Waals surface area contributed by atoms with Gasteiger partial charge in [-0.3, -0.25) is 0 Å². The minimum Gasteiger partial charge on any atom is -0.507 e. The molecule has 15 heavy (non-hydrogen) atoms. The Labute approximate surface area is 88.0 Å². The minimum atomic E-state index is 0.200. The van der Waals surface area contributed by atoms with E-state index in [4.69, 9.17) is 4.74 Å². The van der Waals surface area contributed by atoms with Gasteiger partial charge < -0.3 is 9.84 Å². The van der Waals surface area contributed by atoms with Gasteiger partial charge in [0.15, 0.2) is 0 Å². The highest BCUT2D eigenvalue weighted by molar-refractivity contribution is 5.70. The zero-order valence-electron chi connectivity index (χ0n) is 8.27. The van der Waals surface area contributed by atoms with E-state index >= 15 is 0 Å². The quantitative estimate of drug-likeness (QED) is 0.808. The average molecular weight is 200 g/mol. The van der Waals surface area contributed by atoms with E-state index in [1.807, 2.05) is 6.07 Å². The van der Waals surface area contributed by atoms with E-state index in [1.165, 1.54) is 6.07 Å². The minimum absolute atomic E-state index is 0.200. The van der Waals surface area contributed by atoms with Crippen LogP contribution in [0.5, 0.6) is 11.6 Å². The maximum absolute atomic E-state index is 9.64. The number of nitrogens with zero attached hydrogens (tertiary/aromatic N) is 1. The van der Waals surface area contributed by atoms with Crippen LogP contribution in [0, 0.1) is 6.07 Å². The highest BCUT2D eigenvalue weighted by Crippen LogP contribution is 2.29. The van der Waals surface area contributed by atoms with Crippen LogP contribution in [0.25, 0.3) is 11.1 Å². The second kappa shape index (κ2) is 4.00. The summed E-state index contributed by atoms with van der Waals surface area (Å²) in [7, 11) is 1.56. The van der Waals surface area contributed by atoms with E-state index in [0.29, 0.717) is 5.88 Å². The first kappa shape index (κ1) is 9.52. The first-order valence-corrected chi connectivity index (χ1v) is 4.51. The van der Waals surface area contributed by atoms with Gasteiger partial charge in [-0.25, -0.2) is 4.98 Å². The summed E-state index contributed by atoms with van der Waals surface area (Å²) >= 11 is 0. The number of benzene rings is 1. The number of aromatic nitrogens is 1. The van der Waals surface area contributed by atoms with Crippen LogP contribution in [0.1, 0.15) is 0 Å². The number of phenolic OH excluding ortho intramolecular Hbond substituents is 1. The molecule has 1 aromatic carbocycles. The lowest BCUT2D eigenvalue weighted by Gasteiger charge is -2.05. The second-order valence-corrected chi connectivity index (χ2v) is 3.03. The molecule has 2 aromatic rings.